The molecule has 1 aromatic rings. The largest absolute Gasteiger partial charge is 0.347 e. The number of halogens is 2. The molecule has 0 spiro atoms. The van der Waals surface area contributed by atoms with E-state index in [-0.39, 0.29) is 0 Å². The van der Waals surface area contributed by atoms with E-state index < -0.39 is 12.3 Å². The van der Waals surface area contributed by atoms with Crippen LogP contribution < -0.4 is 4.90 Å². The molecule has 0 aromatic carbocycles. The summed E-state index contributed by atoms with van der Waals surface area (Å²) in [6, 6.07) is 0. The van der Waals surface area contributed by atoms with Crippen LogP contribution in [-0.2, 0) is 0 Å². The van der Waals surface area contributed by atoms with Crippen LogP contribution in [-0.4, -0.2) is 28.9 Å². The molecule has 0 radical (unpaired) electrons. The SMILES string of the molecule is CC(C)c1nsc(N2CCC(C(F)F)CC2)n1. The minimum absolute atomic E-state index is 0.318. The van der Waals surface area contributed by atoms with Crippen molar-refractivity contribution in [2.24, 2.45) is 5.92 Å². The topological polar surface area (TPSA) is 29.0 Å². The van der Waals surface area contributed by atoms with E-state index in [0.29, 0.717) is 31.8 Å². The van der Waals surface area contributed by atoms with Crippen LogP contribution in [0.3, 0.4) is 0 Å². The monoisotopic (exact) mass is 261 g/mol. The van der Waals surface area contributed by atoms with Crippen molar-refractivity contribution >= 4 is 16.7 Å². The number of hydrogen-bond acceptors (Lipinski definition) is 4. The molecule has 2 rings (SSSR count). The first-order chi connectivity index (χ1) is 8.08. The van der Waals surface area contributed by atoms with E-state index in [1.54, 1.807) is 0 Å². The molecule has 96 valence electrons. The molecular formula is C11H17F2N3S. The summed E-state index contributed by atoms with van der Waals surface area (Å²) < 4.78 is 29.3. The molecule has 1 saturated heterocycles. The predicted octanol–water partition coefficient (Wildman–Crippen LogP) is 3.14. The number of aromatic nitrogens is 2. The maximum absolute atomic E-state index is 12.5. The van der Waals surface area contributed by atoms with Crippen LogP contribution in [0.25, 0.3) is 0 Å². The lowest BCUT2D eigenvalue weighted by molar-refractivity contribution is 0.0636. The molecule has 17 heavy (non-hydrogen) atoms. The van der Waals surface area contributed by atoms with Crippen molar-refractivity contribution in [3.05, 3.63) is 5.82 Å². The second-order valence-corrected chi connectivity index (χ2v) is 5.48. The third-order valence-corrected chi connectivity index (χ3v) is 3.91. The van der Waals surface area contributed by atoms with E-state index in [4.69, 9.17) is 0 Å². The van der Waals surface area contributed by atoms with Crippen LogP contribution in [0.2, 0.25) is 0 Å². The molecule has 0 unspecified atom stereocenters. The van der Waals surface area contributed by atoms with Crippen molar-refractivity contribution in [1.29, 1.82) is 0 Å². The normalized spacial score (nSPS) is 18.4. The average molecular weight is 261 g/mol. The second-order valence-electron chi connectivity index (χ2n) is 4.75. The standard InChI is InChI=1S/C11H17F2N3S/c1-7(2)10-14-11(17-15-10)16-5-3-8(4-6-16)9(12)13/h7-9H,3-6H2,1-2H3. The molecule has 1 aliphatic heterocycles. The van der Waals surface area contributed by atoms with E-state index in [1.807, 2.05) is 0 Å². The van der Waals surface area contributed by atoms with Crippen molar-refractivity contribution < 1.29 is 8.78 Å². The predicted molar refractivity (Wildman–Crippen MR) is 64.9 cm³/mol. The Balaban J connectivity index is 1.96. The van der Waals surface area contributed by atoms with Gasteiger partial charge in [-0.05, 0) is 12.8 Å². The number of rotatable bonds is 3. The Morgan fingerprint density at radius 1 is 1.29 bits per heavy atom. The Morgan fingerprint density at radius 3 is 2.41 bits per heavy atom. The van der Waals surface area contributed by atoms with E-state index in [9.17, 15) is 8.78 Å². The molecule has 6 heteroatoms. The van der Waals surface area contributed by atoms with E-state index in [2.05, 4.69) is 28.1 Å². The van der Waals surface area contributed by atoms with Gasteiger partial charge in [-0.25, -0.2) is 13.8 Å². The molecule has 1 aliphatic rings. The van der Waals surface area contributed by atoms with Crippen molar-refractivity contribution in [3.63, 3.8) is 0 Å². The van der Waals surface area contributed by atoms with E-state index >= 15 is 0 Å². The Bertz CT molecular complexity index is 359. The molecule has 1 aromatic heterocycles. The zero-order valence-corrected chi connectivity index (χ0v) is 10.9. The van der Waals surface area contributed by atoms with Crippen LogP contribution in [0.15, 0.2) is 0 Å². The summed E-state index contributed by atoms with van der Waals surface area (Å²) in [7, 11) is 0. The fourth-order valence-corrected chi connectivity index (χ4v) is 2.79. The lowest BCUT2D eigenvalue weighted by Crippen LogP contribution is -2.35. The summed E-state index contributed by atoms with van der Waals surface area (Å²) in [5, 5.41) is 0.876. The van der Waals surface area contributed by atoms with Crippen molar-refractivity contribution in [2.75, 3.05) is 18.0 Å². The molecule has 0 saturated carbocycles. The lowest BCUT2D eigenvalue weighted by atomic mass is 9.98. The van der Waals surface area contributed by atoms with Gasteiger partial charge in [-0.15, -0.1) is 0 Å². The van der Waals surface area contributed by atoms with Crippen LogP contribution in [0.4, 0.5) is 13.9 Å². The maximum Gasteiger partial charge on any atom is 0.241 e. The summed E-state index contributed by atoms with van der Waals surface area (Å²) in [5.41, 5.74) is 0. The van der Waals surface area contributed by atoms with Gasteiger partial charge in [0.05, 0.1) is 0 Å². The fraction of sp³-hybridized carbons (Fsp3) is 0.818. The average Bonchev–Trinajstić information content (AvgIpc) is 2.78. The summed E-state index contributed by atoms with van der Waals surface area (Å²) in [5.74, 6) is 0.725. The number of piperidine rings is 1. The Hall–Kier alpha value is -0.780. The van der Waals surface area contributed by atoms with E-state index in [0.717, 1.165) is 11.0 Å². The van der Waals surface area contributed by atoms with Gasteiger partial charge in [0.25, 0.3) is 0 Å². The van der Waals surface area contributed by atoms with Crippen molar-refractivity contribution in [3.8, 4) is 0 Å². The summed E-state index contributed by atoms with van der Waals surface area (Å²) in [6.07, 6.45) is -1.08. The molecule has 3 nitrogen and oxygen atoms in total. The highest BCUT2D eigenvalue weighted by molar-refractivity contribution is 7.09. The number of alkyl halides is 2. The summed E-state index contributed by atoms with van der Waals surface area (Å²) in [6.45, 7) is 5.44. The maximum atomic E-state index is 12.5. The minimum atomic E-state index is -2.18. The van der Waals surface area contributed by atoms with Gasteiger partial charge in [0.2, 0.25) is 11.6 Å². The minimum Gasteiger partial charge on any atom is -0.347 e. The first-order valence-electron chi connectivity index (χ1n) is 5.94. The lowest BCUT2D eigenvalue weighted by Gasteiger charge is -2.30. The molecule has 1 fully saturated rings. The van der Waals surface area contributed by atoms with Crippen molar-refractivity contribution in [2.45, 2.75) is 39.0 Å². The van der Waals surface area contributed by atoms with Crippen LogP contribution >= 0.6 is 11.5 Å². The Morgan fingerprint density at radius 2 is 1.94 bits per heavy atom. The molecule has 0 N–H and O–H groups in total. The van der Waals surface area contributed by atoms with Gasteiger partial charge in [0.15, 0.2) is 0 Å². The first-order valence-corrected chi connectivity index (χ1v) is 6.72. The molecular weight excluding hydrogens is 244 g/mol. The van der Waals surface area contributed by atoms with Gasteiger partial charge in [-0.2, -0.15) is 4.37 Å². The highest BCUT2D eigenvalue weighted by atomic mass is 32.1. The Labute approximate surface area is 104 Å². The van der Waals surface area contributed by atoms with Crippen LogP contribution in [0.1, 0.15) is 38.4 Å². The van der Waals surface area contributed by atoms with Crippen LogP contribution in [0.5, 0.6) is 0 Å². The number of hydrogen-bond donors (Lipinski definition) is 0. The highest BCUT2D eigenvalue weighted by Gasteiger charge is 2.27. The molecule has 0 amide bonds. The van der Waals surface area contributed by atoms with E-state index in [1.165, 1.54) is 11.5 Å². The fourth-order valence-electron chi connectivity index (χ4n) is 1.93. The zero-order valence-electron chi connectivity index (χ0n) is 10.1. The first kappa shape index (κ1) is 12.7. The van der Waals surface area contributed by atoms with Gasteiger partial charge < -0.3 is 4.90 Å². The number of nitrogens with zero attached hydrogens (tertiary/aromatic N) is 3. The highest BCUT2D eigenvalue weighted by Crippen LogP contribution is 2.28. The van der Waals surface area contributed by atoms with Gasteiger partial charge in [-0.1, -0.05) is 13.8 Å². The van der Waals surface area contributed by atoms with Gasteiger partial charge >= 0.3 is 0 Å². The second kappa shape index (κ2) is 5.25. The molecule has 2 heterocycles. The zero-order chi connectivity index (χ0) is 12.4. The van der Waals surface area contributed by atoms with Gasteiger partial charge in [0, 0.05) is 36.5 Å². The third-order valence-electron chi connectivity index (χ3n) is 3.11. The van der Waals surface area contributed by atoms with Crippen molar-refractivity contribution in [1.82, 2.24) is 9.36 Å². The number of anilines is 1. The smallest absolute Gasteiger partial charge is 0.241 e. The van der Waals surface area contributed by atoms with Crippen LogP contribution in [0, 0.1) is 5.92 Å². The molecule has 0 atom stereocenters. The third kappa shape index (κ3) is 2.91. The summed E-state index contributed by atoms with van der Waals surface area (Å²) >= 11 is 1.37. The van der Waals surface area contributed by atoms with Gasteiger partial charge in [-0.3, -0.25) is 0 Å². The Kier molecular flexibility index (Phi) is 3.91. The molecule has 0 aliphatic carbocycles. The van der Waals surface area contributed by atoms with Gasteiger partial charge in [0.1, 0.15) is 5.82 Å². The summed E-state index contributed by atoms with van der Waals surface area (Å²) in [4.78, 5) is 6.52. The molecule has 0 bridgehead atoms. The quantitative estimate of drug-likeness (QED) is 0.837.